The van der Waals surface area contributed by atoms with E-state index in [2.05, 4.69) is 5.32 Å². The number of ether oxygens (including phenoxy) is 1. The summed E-state index contributed by atoms with van der Waals surface area (Å²) in [6.45, 7) is 0.236. The van der Waals surface area contributed by atoms with Gasteiger partial charge < -0.3 is 14.5 Å². The first kappa shape index (κ1) is 15.2. The van der Waals surface area contributed by atoms with Crippen molar-refractivity contribution in [2.24, 2.45) is 0 Å². The van der Waals surface area contributed by atoms with Gasteiger partial charge in [0.25, 0.3) is 5.91 Å². The van der Waals surface area contributed by atoms with Crippen molar-refractivity contribution in [2.75, 3.05) is 5.32 Å². The minimum atomic E-state index is -0.297. The number of hydrogen-bond donors (Lipinski definition) is 1. The number of halogens is 1. The fourth-order valence-electron chi connectivity index (χ4n) is 1.98. The number of furan rings is 1. The van der Waals surface area contributed by atoms with E-state index >= 15 is 0 Å². The van der Waals surface area contributed by atoms with Gasteiger partial charge in [-0.3, -0.25) is 4.79 Å². The molecule has 5 heteroatoms. The van der Waals surface area contributed by atoms with Crippen molar-refractivity contribution < 1.29 is 13.9 Å². The molecule has 0 radical (unpaired) electrons. The summed E-state index contributed by atoms with van der Waals surface area (Å²) in [7, 11) is 0. The lowest BCUT2D eigenvalue weighted by Gasteiger charge is -2.04. The molecule has 3 rings (SSSR count). The molecule has 116 valence electrons. The molecule has 2 aromatic carbocycles. The highest BCUT2D eigenvalue weighted by Crippen LogP contribution is 2.18. The Balaban J connectivity index is 1.59. The van der Waals surface area contributed by atoms with Crippen LogP contribution >= 0.6 is 11.6 Å². The molecule has 1 N–H and O–H groups in total. The van der Waals surface area contributed by atoms with Crippen LogP contribution in [0.5, 0.6) is 5.75 Å². The molecule has 0 spiro atoms. The number of amides is 1. The molecule has 0 saturated carbocycles. The molecule has 0 saturated heterocycles. The largest absolute Gasteiger partial charge is 0.486 e. The molecule has 0 aliphatic carbocycles. The maximum Gasteiger partial charge on any atom is 0.291 e. The van der Waals surface area contributed by atoms with E-state index in [1.165, 1.54) is 0 Å². The fourth-order valence-corrected chi connectivity index (χ4v) is 2.10. The summed E-state index contributed by atoms with van der Waals surface area (Å²) in [5.41, 5.74) is 0.716. The first-order valence-electron chi connectivity index (χ1n) is 7.04. The van der Waals surface area contributed by atoms with Crippen LogP contribution in [0.25, 0.3) is 0 Å². The molecular weight excluding hydrogens is 314 g/mol. The van der Waals surface area contributed by atoms with Gasteiger partial charge in [0.2, 0.25) is 0 Å². The van der Waals surface area contributed by atoms with Gasteiger partial charge in [-0.1, -0.05) is 29.8 Å². The van der Waals surface area contributed by atoms with Gasteiger partial charge in [-0.15, -0.1) is 0 Å². The lowest BCUT2D eigenvalue weighted by atomic mass is 10.3. The Hall–Kier alpha value is -2.72. The summed E-state index contributed by atoms with van der Waals surface area (Å²) in [6, 6.07) is 19.6. The minimum Gasteiger partial charge on any atom is -0.486 e. The summed E-state index contributed by atoms with van der Waals surface area (Å²) >= 11 is 5.81. The third kappa shape index (κ3) is 4.14. The molecule has 0 fully saturated rings. The molecule has 23 heavy (non-hydrogen) atoms. The van der Waals surface area contributed by atoms with Crippen molar-refractivity contribution in [2.45, 2.75) is 6.61 Å². The average molecular weight is 328 g/mol. The maximum atomic E-state index is 12.1. The number of benzene rings is 2. The topological polar surface area (TPSA) is 51.5 Å². The van der Waals surface area contributed by atoms with Gasteiger partial charge in [-0.2, -0.15) is 0 Å². The summed E-state index contributed by atoms with van der Waals surface area (Å²) in [4.78, 5) is 12.1. The molecule has 4 nitrogen and oxygen atoms in total. The number of para-hydroxylation sites is 1. The molecule has 0 aliphatic rings. The van der Waals surface area contributed by atoms with Gasteiger partial charge in [0, 0.05) is 10.7 Å². The van der Waals surface area contributed by atoms with E-state index in [0.29, 0.717) is 22.2 Å². The smallest absolute Gasteiger partial charge is 0.291 e. The van der Waals surface area contributed by atoms with E-state index in [1.54, 1.807) is 36.4 Å². The molecule has 1 aromatic heterocycles. The summed E-state index contributed by atoms with van der Waals surface area (Å²) in [6.07, 6.45) is 0. The molecule has 1 amide bonds. The van der Waals surface area contributed by atoms with Gasteiger partial charge >= 0.3 is 0 Å². The summed E-state index contributed by atoms with van der Waals surface area (Å²) in [5.74, 6) is 1.19. The van der Waals surface area contributed by atoms with Crippen LogP contribution in [0.2, 0.25) is 5.02 Å². The van der Waals surface area contributed by atoms with E-state index in [9.17, 15) is 4.79 Å². The van der Waals surface area contributed by atoms with Crippen molar-refractivity contribution in [3.8, 4) is 5.75 Å². The zero-order valence-corrected chi connectivity index (χ0v) is 12.9. The van der Waals surface area contributed by atoms with Crippen molar-refractivity contribution in [3.63, 3.8) is 0 Å². The Morgan fingerprint density at radius 2 is 1.74 bits per heavy atom. The van der Waals surface area contributed by atoms with Crippen LogP contribution in [0.15, 0.2) is 71.1 Å². The lowest BCUT2D eigenvalue weighted by molar-refractivity contribution is 0.0992. The normalized spacial score (nSPS) is 10.3. The standard InChI is InChI=1S/C18H14ClNO3/c19-13-6-8-15(9-7-13)22-12-16-10-11-17(23-16)18(21)20-14-4-2-1-3-5-14/h1-11H,12H2,(H,20,21). The van der Waals surface area contributed by atoms with Crippen LogP contribution in [-0.2, 0) is 6.61 Å². The highest BCUT2D eigenvalue weighted by atomic mass is 35.5. The predicted molar refractivity (Wildman–Crippen MR) is 88.9 cm³/mol. The molecule has 0 atom stereocenters. The van der Waals surface area contributed by atoms with Crippen LogP contribution in [0.4, 0.5) is 5.69 Å². The highest BCUT2D eigenvalue weighted by molar-refractivity contribution is 6.30. The monoisotopic (exact) mass is 327 g/mol. The number of hydrogen-bond acceptors (Lipinski definition) is 3. The van der Waals surface area contributed by atoms with Gasteiger partial charge in [0.15, 0.2) is 5.76 Å². The van der Waals surface area contributed by atoms with Crippen LogP contribution in [0.3, 0.4) is 0 Å². The van der Waals surface area contributed by atoms with Gasteiger partial charge in [0.05, 0.1) is 0 Å². The zero-order valence-electron chi connectivity index (χ0n) is 12.2. The van der Waals surface area contributed by atoms with Crippen molar-refractivity contribution in [1.82, 2.24) is 0 Å². The van der Waals surface area contributed by atoms with Crippen LogP contribution in [-0.4, -0.2) is 5.91 Å². The van der Waals surface area contributed by atoms with Gasteiger partial charge in [0.1, 0.15) is 18.1 Å². The molecular formula is C18H14ClNO3. The number of carbonyl (C=O) groups excluding carboxylic acids is 1. The Labute approximate surface area is 138 Å². The average Bonchev–Trinajstić information content (AvgIpc) is 3.04. The Morgan fingerprint density at radius 3 is 2.48 bits per heavy atom. The van der Waals surface area contributed by atoms with Crippen LogP contribution in [0.1, 0.15) is 16.3 Å². The van der Waals surface area contributed by atoms with Crippen LogP contribution in [0, 0.1) is 0 Å². The lowest BCUT2D eigenvalue weighted by Crippen LogP contribution is -2.10. The molecule has 0 aliphatic heterocycles. The zero-order chi connectivity index (χ0) is 16.1. The summed E-state index contributed by atoms with van der Waals surface area (Å²) < 4.78 is 11.1. The first-order valence-corrected chi connectivity index (χ1v) is 7.42. The Kier molecular flexibility index (Phi) is 4.64. The molecule has 1 heterocycles. The predicted octanol–water partition coefficient (Wildman–Crippen LogP) is 4.76. The van der Waals surface area contributed by atoms with Crippen molar-refractivity contribution >= 4 is 23.2 Å². The number of anilines is 1. The summed E-state index contributed by atoms with van der Waals surface area (Å²) in [5, 5.41) is 3.41. The third-order valence-corrected chi connectivity index (χ3v) is 3.36. The number of carbonyl (C=O) groups is 1. The molecule has 3 aromatic rings. The van der Waals surface area contributed by atoms with Gasteiger partial charge in [-0.05, 0) is 48.5 Å². The molecule has 0 bridgehead atoms. The van der Waals surface area contributed by atoms with E-state index in [4.69, 9.17) is 20.8 Å². The van der Waals surface area contributed by atoms with Crippen molar-refractivity contribution in [3.05, 3.63) is 83.3 Å². The second-order valence-electron chi connectivity index (χ2n) is 4.83. The van der Waals surface area contributed by atoms with E-state index in [0.717, 1.165) is 0 Å². The van der Waals surface area contributed by atoms with E-state index in [1.807, 2.05) is 30.3 Å². The Morgan fingerprint density at radius 1 is 1.00 bits per heavy atom. The highest BCUT2D eigenvalue weighted by Gasteiger charge is 2.11. The number of rotatable bonds is 5. The van der Waals surface area contributed by atoms with E-state index < -0.39 is 0 Å². The van der Waals surface area contributed by atoms with E-state index in [-0.39, 0.29) is 18.3 Å². The second kappa shape index (κ2) is 7.03. The second-order valence-corrected chi connectivity index (χ2v) is 5.27. The van der Waals surface area contributed by atoms with Crippen molar-refractivity contribution in [1.29, 1.82) is 0 Å². The first-order chi connectivity index (χ1) is 11.2. The molecule has 0 unspecified atom stereocenters. The number of nitrogens with one attached hydrogen (secondary N) is 1. The quantitative estimate of drug-likeness (QED) is 0.734. The maximum absolute atomic E-state index is 12.1. The van der Waals surface area contributed by atoms with Gasteiger partial charge in [-0.25, -0.2) is 0 Å². The minimum absolute atomic E-state index is 0.236. The fraction of sp³-hybridized carbons (Fsp3) is 0.0556. The SMILES string of the molecule is O=C(Nc1ccccc1)c1ccc(COc2ccc(Cl)cc2)o1. The third-order valence-electron chi connectivity index (χ3n) is 3.11. The Bertz CT molecular complexity index is 782. The van der Waals surface area contributed by atoms with Crippen LogP contribution < -0.4 is 10.1 Å².